The van der Waals surface area contributed by atoms with Crippen molar-refractivity contribution in [3.8, 4) is 0 Å². The molecule has 0 unspecified atom stereocenters. The summed E-state index contributed by atoms with van der Waals surface area (Å²) in [5.41, 5.74) is 0. The van der Waals surface area contributed by atoms with Gasteiger partial charge in [-0.1, -0.05) is 12.2 Å². The van der Waals surface area contributed by atoms with E-state index in [1.54, 1.807) is 0 Å². The average Bonchev–Trinajstić information content (AvgIpc) is 2.10. The van der Waals surface area contributed by atoms with Gasteiger partial charge in [-0.2, -0.15) is 0 Å². The van der Waals surface area contributed by atoms with E-state index in [0.717, 1.165) is 0 Å². The van der Waals surface area contributed by atoms with Crippen molar-refractivity contribution < 1.29 is 53.8 Å². The number of rotatable bonds is 6. The third-order valence-electron chi connectivity index (χ3n) is 0.660. The van der Waals surface area contributed by atoms with Crippen molar-refractivity contribution in [1.82, 2.24) is 0 Å². The van der Waals surface area contributed by atoms with E-state index in [1.165, 1.54) is 12.2 Å². The second-order valence-electron chi connectivity index (χ2n) is 1.96. The minimum Gasteiger partial charge on any atom is -0.726 e. The Morgan fingerprint density at radius 2 is 1.12 bits per heavy atom. The van der Waals surface area contributed by atoms with Gasteiger partial charge in [0.2, 0.25) is 20.8 Å². The molecular weight excluding hydrogens is 330 g/mol. The predicted molar refractivity (Wildman–Crippen MR) is 51.7 cm³/mol. The van der Waals surface area contributed by atoms with Gasteiger partial charge in [-0.25, -0.2) is 16.8 Å². The minimum atomic E-state index is -4.51. The SMILES string of the molecule is C=CCOS(=O)(=O)[O-].C=CCOS(=O)(=O)[O-].[Zn+2]. The molecule has 0 aliphatic heterocycles. The van der Waals surface area contributed by atoms with Crippen molar-refractivity contribution in [2.24, 2.45) is 0 Å². The van der Waals surface area contributed by atoms with Crippen LogP contribution in [0.25, 0.3) is 0 Å². The van der Waals surface area contributed by atoms with Crippen LogP contribution in [-0.4, -0.2) is 39.2 Å². The Morgan fingerprint density at radius 3 is 1.18 bits per heavy atom. The number of hydrogen-bond acceptors (Lipinski definition) is 8. The van der Waals surface area contributed by atoms with E-state index in [9.17, 15) is 25.9 Å². The number of hydrogen-bond donors (Lipinski definition) is 0. The summed E-state index contributed by atoms with van der Waals surface area (Å²) in [5, 5.41) is 0. The van der Waals surface area contributed by atoms with Gasteiger partial charge >= 0.3 is 19.5 Å². The molecule has 0 bridgehead atoms. The quantitative estimate of drug-likeness (QED) is 0.268. The van der Waals surface area contributed by atoms with Crippen molar-refractivity contribution >= 4 is 20.8 Å². The molecule has 0 N–H and O–H groups in total. The third-order valence-corrected chi connectivity index (χ3v) is 1.51. The molecule has 8 nitrogen and oxygen atoms in total. The van der Waals surface area contributed by atoms with Crippen LogP contribution in [0.15, 0.2) is 25.3 Å². The normalized spacial score (nSPS) is 10.5. The van der Waals surface area contributed by atoms with E-state index in [2.05, 4.69) is 21.5 Å². The minimum absolute atomic E-state index is 0. The van der Waals surface area contributed by atoms with Crippen molar-refractivity contribution in [2.45, 2.75) is 0 Å². The molecule has 0 amide bonds. The molecule has 0 aromatic carbocycles. The fourth-order valence-electron chi connectivity index (χ4n) is 0.263. The Balaban J connectivity index is -0.000000218. The van der Waals surface area contributed by atoms with Crippen LogP contribution in [0.2, 0.25) is 0 Å². The molecule has 0 aromatic heterocycles. The molecule has 0 rings (SSSR count). The predicted octanol–water partition coefficient (Wildman–Crippen LogP) is -0.704. The maximum absolute atomic E-state index is 9.56. The zero-order valence-electron chi connectivity index (χ0n) is 8.77. The molecule has 0 saturated heterocycles. The van der Waals surface area contributed by atoms with E-state index in [1.807, 2.05) is 0 Å². The fourth-order valence-corrected chi connectivity index (χ4v) is 0.789. The van der Waals surface area contributed by atoms with Gasteiger partial charge in [0.25, 0.3) is 0 Å². The van der Waals surface area contributed by atoms with E-state index in [4.69, 9.17) is 0 Å². The smallest absolute Gasteiger partial charge is 0.726 e. The van der Waals surface area contributed by atoms with Gasteiger partial charge in [0.05, 0.1) is 13.2 Å². The van der Waals surface area contributed by atoms with E-state index in [0.29, 0.717) is 0 Å². The molecule has 17 heavy (non-hydrogen) atoms. The molecule has 96 valence electrons. The summed E-state index contributed by atoms with van der Waals surface area (Å²) in [7, 11) is -9.02. The third kappa shape index (κ3) is 31.3. The van der Waals surface area contributed by atoms with Crippen LogP contribution in [0.3, 0.4) is 0 Å². The summed E-state index contributed by atoms with van der Waals surface area (Å²) >= 11 is 0. The first kappa shape index (κ1) is 22.1. The van der Waals surface area contributed by atoms with Gasteiger partial charge in [-0.05, 0) is 0 Å². The summed E-state index contributed by atoms with van der Waals surface area (Å²) in [6, 6.07) is 0. The standard InChI is InChI=1S/2C3H6O4S.Zn/c2*1-2-3-7-8(4,5)6;/h2*2H,1,3H2,(H,4,5,6);/q;;+2/p-2. The second-order valence-corrected chi connectivity index (χ2v) is 4.07. The maximum atomic E-state index is 9.56. The summed E-state index contributed by atoms with van der Waals surface area (Å²) in [5.74, 6) is 0. The summed E-state index contributed by atoms with van der Waals surface area (Å²) in [6.45, 7) is 5.75. The van der Waals surface area contributed by atoms with Crippen LogP contribution in [0, 0.1) is 0 Å². The van der Waals surface area contributed by atoms with Crippen LogP contribution in [0.1, 0.15) is 0 Å². The molecule has 0 atom stereocenters. The molecule has 0 saturated carbocycles. The van der Waals surface area contributed by atoms with Crippen molar-refractivity contribution in [1.29, 1.82) is 0 Å². The molecule has 0 radical (unpaired) electrons. The van der Waals surface area contributed by atoms with Crippen molar-refractivity contribution in [3.63, 3.8) is 0 Å². The maximum Gasteiger partial charge on any atom is 2.00 e. The first-order valence-electron chi connectivity index (χ1n) is 3.54. The molecule has 0 heterocycles. The molecule has 0 aromatic rings. The molecule has 0 spiro atoms. The van der Waals surface area contributed by atoms with Crippen molar-refractivity contribution in [3.05, 3.63) is 25.3 Å². The monoisotopic (exact) mass is 338 g/mol. The largest absolute Gasteiger partial charge is 2.00 e. The van der Waals surface area contributed by atoms with Gasteiger partial charge in [0.15, 0.2) is 0 Å². The molecule has 11 heteroatoms. The Labute approximate surface area is 113 Å². The summed E-state index contributed by atoms with van der Waals surface area (Å²) in [4.78, 5) is 0. The van der Waals surface area contributed by atoms with E-state index < -0.39 is 20.8 Å². The van der Waals surface area contributed by atoms with Gasteiger partial charge < -0.3 is 9.11 Å². The molecular formula is C6H10O8S2Zn. The Hall–Kier alpha value is -0.157. The van der Waals surface area contributed by atoms with Crippen molar-refractivity contribution in [2.75, 3.05) is 13.2 Å². The summed E-state index contributed by atoms with van der Waals surface area (Å²) in [6.07, 6.45) is 2.35. The first-order chi connectivity index (χ1) is 7.12. The Bertz CT molecular complexity index is 358. The topological polar surface area (TPSA) is 133 Å². The van der Waals surface area contributed by atoms with Gasteiger partial charge in [-0.15, -0.1) is 13.2 Å². The van der Waals surface area contributed by atoms with Crippen LogP contribution in [0.4, 0.5) is 0 Å². The van der Waals surface area contributed by atoms with Crippen LogP contribution >= 0.6 is 0 Å². The second kappa shape index (κ2) is 11.0. The van der Waals surface area contributed by atoms with Crippen LogP contribution < -0.4 is 0 Å². The summed E-state index contributed by atoms with van der Waals surface area (Å²) < 4.78 is 64.7. The van der Waals surface area contributed by atoms with E-state index >= 15 is 0 Å². The van der Waals surface area contributed by atoms with Gasteiger partial charge in [0, 0.05) is 0 Å². The molecule has 0 fully saturated rings. The molecule has 0 aliphatic carbocycles. The van der Waals surface area contributed by atoms with Gasteiger partial charge in [0.1, 0.15) is 0 Å². The van der Waals surface area contributed by atoms with E-state index in [-0.39, 0.29) is 32.7 Å². The molecule has 0 aliphatic rings. The van der Waals surface area contributed by atoms with Crippen LogP contribution in [0.5, 0.6) is 0 Å². The average molecular weight is 340 g/mol. The zero-order valence-corrected chi connectivity index (χ0v) is 13.4. The Kier molecular flexibility index (Phi) is 14.2. The van der Waals surface area contributed by atoms with Crippen LogP contribution in [-0.2, 0) is 48.6 Å². The first-order valence-corrected chi connectivity index (χ1v) is 6.21. The fraction of sp³-hybridized carbons (Fsp3) is 0.333. The Morgan fingerprint density at radius 1 is 0.882 bits per heavy atom. The zero-order chi connectivity index (χ0) is 13.2. The van der Waals surface area contributed by atoms with Gasteiger partial charge in [-0.3, -0.25) is 8.37 Å².